The lowest BCUT2D eigenvalue weighted by atomic mass is 10.2. The van der Waals surface area contributed by atoms with Crippen molar-refractivity contribution in [1.29, 1.82) is 0 Å². The number of aromatic nitrogens is 4. The Morgan fingerprint density at radius 2 is 2.04 bits per heavy atom. The van der Waals surface area contributed by atoms with Crippen LogP contribution in [0.25, 0.3) is 22.1 Å². The number of thioether (sulfide) groups is 1. The van der Waals surface area contributed by atoms with Crippen molar-refractivity contribution in [1.82, 2.24) is 20.2 Å². The van der Waals surface area contributed by atoms with Crippen molar-refractivity contribution in [3.05, 3.63) is 52.3 Å². The van der Waals surface area contributed by atoms with Crippen molar-refractivity contribution in [2.24, 2.45) is 0 Å². The third-order valence-electron chi connectivity index (χ3n) is 3.69. The maximum absolute atomic E-state index is 13.1. The number of halogens is 3. The van der Waals surface area contributed by atoms with E-state index in [1.807, 2.05) is 6.07 Å². The van der Waals surface area contributed by atoms with Gasteiger partial charge in [0.05, 0.1) is 10.8 Å². The summed E-state index contributed by atoms with van der Waals surface area (Å²) in [6.07, 6.45) is 0. The zero-order valence-corrected chi connectivity index (χ0v) is 15.8. The van der Waals surface area contributed by atoms with Gasteiger partial charge >= 0.3 is 0 Å². The van der Waals surface area contributed by atoms with Crippen molar-refractivity contribution < 1.29 is 9.18 Å². The monoisotopic (exact) mass is 421 g/mol. The Hall–Kier alpha value is -2.42. The number of hydrogen-bond donors (Lipinski definition) is 2. The van der Waals surface area contributed by atoms with Crippen molar-refractivity contribution in [3.8, 4) is 0 Å². The van der Waals surface area contributed by atoms with E-state index in [1.165, 1.54) is 18.2 Å². The van der Waals surface area contributed by atoms with Gasteiger partial charge in [-0.25, -0.2) is 9.37 Å². The van der Waals surface area contributed by atoms with E-state index in [4.69, 9.17) is 23.2 Å². The number of rotatable bonds is 4. The van der Waals surface area contributed by atoms with E-state index in [0.29, 0.717) is 27.0 Å². The molecule has 0 unspecified atom stereocenters. The lowest BCUT2D eigenvalue weighted by molar-refractivity contribution is -0.113. The molecule has 6 nitrogen and oxygen atoms in total. The molecule has 27 heavy (non-hydrogen) atoms. The van der Waals surface area contributed by atoms with E-state index in [1.54, 1.807) is 12.1 Å². The summed E-state index contributed by atoms with van der Waals surface area (Å²) < 4.78 is 13.1. The van der Waals surface area contributed by atoms with Gasteiger partial charge in [0, 0.05) is 21.6 Å². The molecule has 136 valence electrons. The molecule has 2 N–H and O–H groups in total. The minimum atomic E-state index is -0.545. The van der Waals surface area contributed by atoms with Crippen molar-refractivity contribution in [2.45, 2.75) is 5.16 Å². The summed E-state index contributed by atoms with van der Waals surface area (Å²) in [4.78, 5) is 19.6. The number of carbonyl (C=O) groups excluding carboxylic acids is 1. The van der Waals surface area contributed by atoms with E-state index >= 15 is 0 Å². The molecule has 10 heteroatoms. The number of fused-ring (bicyclic) bond motifs is 3. The second-order valence-electron chi connectivity index (χ2n) is 5.57. The van der Waals surface area contributed by atoms with Gasteiger partial charge in [-0.2, -0.15) is 0 Å². The van der Waals surface area contributed by atoms with E-state index < -0.39 is 5.82 Å². The van der Waals surface area contributed by atoms with Gasteiger partial charge in [0.25, 0.3) is 0 Å². The molecule has 0 spiro atoms. The summed E-state index contributed by atoms with van der Waals surface area (Å²) >= 11 is 12.8. The zero-order chi connectivity index (χ0) is 19.0. The first-order valence-corrected chi connectivity index (χ1v) is 9.43. The predicted octanol–water partition coefficient (Wildman–Crippen LogP) is 4.68. The molecule has 0 aliphatic carbocycles. The number of anilines is 1. The summed E-state index contributed by atoms with van der Waals surface area (Å²) in [7, 11) is 0. The maximum atomic E-state index is 13.1. The summed E-state index contributed by atoms with van der Waals surface area (Å²) in [5, 5.41) is 12.6. The highest BCUT2D eigenvalue weighted by atomic mass is 35.5. The normalized spacial score (nSPS) is 11.2. The highest BCUT2D eigenvalue weighted by molar-refractivity contribution is 7.99. The van der Waals surface area contributed by atoms with E-state index in [-0.39, 0.29) is 16.7 Å². The third kappa shape index (κ3) is 3.83. The molecule has 0 fully saturated rings. The van der Waals surface area contributed by atoms with Crippen LogP contribution in [0.4, 0.5) is 10.1 Å². The van der Waals surface area contributed by atoms with Gasteiger partial charge in [-0.3, -0.25) is 4.79 Å². The lowest BCUT2D eigenvalue weighted by Crippen LogP contribution is -2.14. The second kappa shape index (κ2) is 7.30. The average Bonchev–Trinajstić information content (AvgIpc) is 3.00. The Bertz CT molecular complexity index is 1180. The van der Waals surface area contributed by atoms with Crippen LogP contribution in [0.15, 0.2) is 41.6 Å². The average molecular weight is 422 g/mol. The van der Waals surface area contributed by atoms with Gasteiger partial charge in [0.1, 0.15) is 11.3 Å². The maximum Gasteiger partial charge on any atom is 0.234 e. The number of carbonyl (C=O) groups is 1. The fourth-order valence-electron chi connectivity index (χ4n) is 2.49. The molecule has 0 bridgehead atoms. The van der Waals surface area contributed by atoms with Crippen LogP contribution < -0.4 is 5.32 Å². The first kappa shape index (κ1) is 18.0. The molecule has 0 atom stereocenters. The predicted molar refractivity (Wildman–Crippen MR) is 105 cm³/mol. The van der Waals surface area contributed by atoms with Crippen molar-refractivity contribution >= 4 is 68.6 Å². The minimum absolute atomic E-state index is 0.0580. The Morgan fingerprint density at radius 1 is 1.19 bits per heavy atom. The van der Waals surface area contributed by atoms with Crippen LogP contribution in [0.5, 0.6) is 0 Å². The lowest BCUT2D eigenvalue weighted by Gasteiger charge is -2.05. The van der Waals surface area contributed by atoms with Crippen molar-refractivity contribution in [2.75, 3.05) is 11.1 Å². The molecule has 0 radical (unpaired) electrons. The standard InChI is InChI=1S/C17H10Cl2FN5OS/c18-8-1-4-13-10(5-8)15-16(22-13)23-17(25-24-15)27-7-14(26)21-9-2-3-12(20)11(19)6-9/h1-6H,7H2,(H,21,26)(H,22,23,25). The fraction of sp³-hybridized carbons (Fsp3) is 0.0588. The highest BCUT2D eigenvalue weighted by Crippen LogP contribution is 2.26. The molecule has 4 rings (SSSR count). The topological polar surface area (TPSA) is 83.6 Å². The molecule has 2 heterocycles. The number of nitrogens with one attached hydrogen (secondary N) is 2. The Morgan fingerprint density at radius 3 is 2.85 bits per heavy atom. The molecular weight excluding hydrogens is 412 g/mol. The molecule has 0 aliphatic rings. The number of H-pyrrole nitrogens is 1. The summed E-state index contributed by atoms with van der Waals surface area (Å²) in [5.41, 5.74) is 2.44. The first-order valence-electron chi connectivity index (χ1n) is 7.69. The molecule has 2 aromatic carbocycles. The first-order chi connectivity index (χ1) is 13.0. The van der Waals surface area contributed by atoms with Crippen LogP contribution in [0, 0.1) is 5.82 Å². The van der Waals surface area contributed by atoms with E-state index in [0.717, 1.165) is 22.7 Å². The Labute approximate surface area is 166 Å². The summed E-state index contributed by atoms with van der Waals surface area (Å²) in [6.45, 7) is 0. The van der Waals surface area contributed by atoms with Crippen LogP contribution in [0.2, 0.25) is 10.0 Å². The number of aromatic amines is 1. The van der Waals surface area contributed by atoms with Crippen LogP contribution in [0.3, 0.4) is 0 Å². The molecular formula is C17H10Cl2FN5OS. The summed E-state index contributed by atoms with van der Waals surface area (Å²) in [5.74, 6) is -0.778. The van der Waals surface area contributed by atoms with Gasteiger partial charge in [0.15, 0.2) is 5.65 Å². The molecule has 0 saturated heterocycles. The van der Waals surface area contributed by atoms with Crippen molar-refractivity contribution in [3.63, 3.8) is 0 Å². The highest BCUT2D eigenvalue weighted by Gasteiger charge is 2.12. The van der Waals surface area contributed by atoms with Gasteiger partial charge in [-0.15, -0.1) is 10.2 Å². The zero-order valence-electron chi connectivity index (χ0n) is 13.5. The molecule has 0 aliphatic heterocycles. The number of amides is 1. The van der Waals surface area contributed by atoms with Gasteiger partial charge in [0.2, 0.25) is 11.1 Å². The van der Waals surface area contributed by atoms with E-state index in [2.05, 4.69) is 25.5 Å². The largest absolute Gasteiger partial charge is 0.338 e. The molecule has 4 aromatic rings. The van der Waals surface area contributed by atoms with Crippen LogP contribution in [0.1, 0.15) is 0 Å². The number of benzene rings is 2. The van der Waals surface area contributed by atoms with Gasteiger partial charge in [-0.05, 0) is 36.4 Å². The molecule has 2 aromatic heterocycles. The SMILES string of the molecule is O=C(CSc1nnc2c(n1)[nH]c1ccc(Cl)cc12)Nc1ccc(F)c(Cl)c1. The third-order valence-corrected chi connectivity index (χ3v) is 5.06. The minimum Gasteiger partial charge on any atom is -0.338 e. The van der Waals surface area contributed by atoms with Crippen LogP contribution in [-0.4, -0.2) is 31.8 Å². The number of hydrogen-bond acceptors (Lipinski definition) is 5. The Balaban J connectivity index is 1.47. The van der Waals surface area contributed by atoms with Crippen LogP contribution >= 0.6 is 35.0 Å². The second-order valence-corrected chi connectivity index (χ2v) is 7.36. The molecule has 1 amide bonds. The van der Waals surface area contributed by atoms with Crippen LogP contribution in [-0.2, 0) is 4.79 Å². The fourth-order valence-corrected chi connectivity index (χ4v) is 3.43. The van der Waals surface area contributed by atoms with E-state index in [9.17, 15) is 9.18 Å². The number of nitrogens with zero attached hydrogens (tertiary/aromatic N) is 3. The molecule has 0 saturated carbocycles. The quantitative estimate of drug-likeness (QED) is 0.467. The summed E-state index contributed by atoms with van der Waals surface area (Å²) in [6, 6.07) is 9.38. The van der Waals surface area contributed by atoms with Gasteiger partial charge in [-0.1, -0.05) is 35.0 Å². The Kier molecular flexibility index (Phi) is 4.86. The smallest absolute Gasteiger partial charge is 0.234 e. The van der Waals surface area contributed by atoms with Gasteiger partial charge < -0.3 is 10.3 Å².